The van der Waals surface area contributed by atoms with Gasteiger partial charge in [-0.15, -0.1) is 6.42 Å². The number of ether oxygens (including phenoxy) is 2. The molecule has 1 saturated carbocycles. The van der Waals surface area contributed by atoms with Gasteiger partial charge in [-0.05, 0) is 41.9 Å². The van der Waals surface area contributed by atoms with Crippen molar-refractivity contribution in [1.29, 1.82) is 0 Å². The molecule has 0 bridgehead atoms. The molecule has 0 amide bonds. The van der Waals surface area contributed by atoms with Crippen molar-refractivity contribution >= 4 is 35.4 Å². The van der Waals surface area contributed by atoms with Gasteiger partial charge in [-0.3, -0.25) is 22.9 Å². The molecule has 0 aromatic heterocycles. The van der Waals surface area contributed by atoms with Crippen LogP contribution in [-0.2, 0) is 50.9 Å². The highest BCUT2D eigenvalue weighted by molar-refractivity contribution is 7.47. The molecule has 7 N–H and O–H groups in total. The molecular weight excluding hydrogens is 789 g/mol. The quantitative estimate of drug-likeness (QED) is 0.0216. The van der Waals surface area contributed by atoms with Gasteiger partial charge in [0.25, 0.3) is 0 Å². The fourth-order valence-corrected chi connectivity index (χ4v) is 7.36. The van der Waals surface area contributed by atoms with Crippen LogP contribution < -0.4 is 0 Å². The Morgan fingerprint density at radius 2 is 1.22 bits per heavy atom. The molecule has 1 aliphatic rings. The minimum absolute atomic E-state index is 0.0332. The summed E-state index contributed by atoms with van der Waals surface area (Å²) in [7, 11) is -16.1. The van der Waals surface area contributed by atoms with Gasteiger partial charge in [0.05, 0.1) is 6.61 Å². The van der Waals surface area contributed by atoms with Crippen molar-refractivity contribution in [2.24, 2.45) is 0 Å². The number of hydrogen-bond donors (Lipinski definition) is 7. The zero-order valence-corrected chi connectivity index (χ0v) is 33.2. The van der Waals surface area contributed by atoms with E-state index in [0.29, 0.717) is 6.42 Å². The molecule has 1 aliphatic carbocycles. The Balaban J connectivity index is 2.83. The normalized spacial score (nSPS) is 21.2. The molecule has 0 aromatic rings. The number of carbonyl (C=O) groups excluding carboxylic acids is 2. The number of rotatable bonds is 26. The molecule has 0 aliphatic heterocycles. The van der Waals surface area contributed by atoms with E-state index >= 15 is 0 Å². The van der Waals surface area contributed by atoms with Crippen molar-refractivity contribution in [3.05, 3.63) is 0 Å². The Hall–Kier alpha value is -2.57. The molecule has 55 heavy (non-hydrogen) atoms. The van der Waals surface area contributed by atoms with E-state index in [1.54, 1.807) is 0 Å². The van der Waals surface area contributed by atoms with Crippen molar-refractivity contribution in [3.8, 4) is 47.9 Å². The number of carbonyl (C=O) groups is 2. The van der Waals surface area contributed by atoms with Crippen molar-refractivity contribution in [2.45, 2.75) is 140 Å². The summed E-state index contributed by atoms with van der Waals surface area (Å²) in [6, 6.07) is 0. The molecule has 21 heteroatoms. The van der Waals surface area contributed by atoms with Crippen LogP contribution >= 0.6 is 23.5 Å². The molecule has 7 atom stereocenters. The maximum Gasteiger partial charge on any atom is 0.472 e. The van der Waals surface area contributed by atoms with Gasteiger partial charge in [-0.1, -0.05) is 84.0 Å². The van der Waals surface area contributed by atoms with Crippen molar-refractivity contribution in [3.63, 3.8) is 0 Å². The summed E-state index contributed by atoms with van der Waals surface area (Å²) >= 11 is 0. The summed E-state index contributed by atoms with van der Waals surface area (Å²) in [5.74, 6) is 13.3. The summed E-state index contributed by atoms with van der Waals surface area (Å²) in [4.78, 5) is 71.9. The number of terminal acetylenes is 1. The smallest absolute Gasteiger partial charge is 0.456 e. The van der Waals surface area contributed by atoms with Gasteiger partial charge in [-0.2, -0.15) is 0 Å². The number of esters is 2. The minimum Gasteiger partial charge on any atom is -0.456 e. The van der Waals surface area contributed by atoms with Crippen LogP contribution in [0.2, 0.25) is 0 Å². The van der Waals surface area contributed by atoms with Gasteiger partial charge in [0, 0.05) is 18.8 Å². The predicted molar refractivity (Wildman–Crippen MR) is 194 cm³/mol. The van der Waals surface area contributed by atoms with Crippen LogP contribution in [0.4, 0.5) is 0 Å². The lowest BCUT2D eigenvalue weighted by Gasteiger charge is -2.41. The first-order valence-corrected chi connectivity index (χ1v) is 22.3. The number of aliphatic hydroxyl groups is 2. The van der Waals surface area contributed by atoms with E-state index in [1.165, 1.54) is 44.9 Å². The van der Waals surface area contributed by atoms with Crippen LogP contribution in [0.25, 0.3) is 0 Å². The lowest BCUT2D eigenvalue weighted by atomic mass is 9.87. The zero-order valence-electron chi connectivity index (χ0n) is 30.5. The SMILES string of the molecule is C#CC#CC#CC#CC(=O)OC[C@H](COP(=O)(O)OC1C[C@@H](OP(=O)(O)O)C(OP(=O)(O)O)[C@@H](O)[C@H]1O)OC(=O)CCCCCCCCCCCCCCC. The average Bonchev–Trinajstić information content (AvgIpc) is 3.09. The van der Waals surface area contributed by atoms with Crippen molar-refractivity contribution < 1.29 is 85.5 Å². The monoisotopic (exact) mass is 840 g/mol. The number of unbranched alkanes of at least 4 members (excludes halogenated alkanes) is 12. The molecule has 1 rings (SSSR count). The highest BCUT2D eigenvalue weighted by Crippen LogP contribution is 2.51. The first-order chi connectivity index (χ1) is 25.9. The second-order valence-corrected chi connectivity index (χ2v) is 16.2. The molecule has 310 valence electrons. The molecule has 0 heterocycles. The summed E-state index contributed by atoms with van der Waals surface area (Å²) in [6.45, 7) is 0.542. The van der Waals surface area contributed by atoms with E-state index in [1.807, 2.05) is 11.8 Å². The molecular formula is C34H51O18P3. The van der Waals surface area contributed by atoms with E-state index in [4.69, 9.17) is 34.7 Å². The largest absolute Gasteiger partial charge is 0.472 e. The summed E-state index contributed by atoms with van der Waals surface area (Å²) in [5, 5.41) is 20.9. The van der Waals surface area contributed by atoms with Crippen LogP contribution in [0.15, 0.2) is 0 Å². The highest BCUT2D eigenvalue weighted by atomic mass is 31.2. The fourth-order valence-electron chi connectivity index (χ4n) is 5.25. The summed E-state index contributed by atoms with van der Waals surface area (Å²) < 4.78 is 64.5. The highest BCUT2D eigenvalue weighted by Gasteiger charge is 2.51. The maximum absolute atomic E-state index is 12.9. The Morgan fingerprint density at radius 3 is 1.76 bits per heavy atom. The molecule has 0 aromatic carbocycles. The van der Waals surface area contributed by atoms with Gasteiger partial charge in [0.15, 0.2) is 6.10 Å². The van der Waals surface area contributed by atoms with E-state index in [9.17, 15) is 48.2 Å². The van der Waals surface area contributed by atoms with Crippen molar-refractivity contribution in [2.75, 3.05) is 13.2 Å². The number of phosphoric acid groups is 3. The Morgan fingerprint density at radius 1 is 0.691 bits per heavy atom. The molecule has 18 nitrogen and oxygen atoms in total. The zero-order chi connectivity index (χ0) is 41.3. The predicted octanol–water partition coefficient (Wildman–Crippen LogP) is 3.15. The average molecular weight is 841 g/mol. The van der Waals surface area contributed by atoms with Crippen molar-refractivity contribution in [1.82, 2.24) is 0 Å². The molecule has 3 unspecified atom stereocenters. The molecule has 0 spiro atoms. The van der Waals surface area contributed by atoms with Crippen LogP contribution in [0, 0.1) is 47.9 Å². The standard InChI is InChI=1S/C34H51O18P3/c1-3-5-7-9-11-12-13-14-15-16-17-19-21-23-31(36)49-27(25-47-30(35)22-20-18-10-8-6-4-2)26-48-55(45,46)51-28-24-29(50-53(39,40)41)34(33(38)32(28)37)52-54(42,43)44/h2,27-29,32-34,37-38H,3,5,7,9,11-17,19,21,23-26H2,1H3,(H,45,46)(H2,39,40,41)(H2,42,43,44)/t27-,28?,29-,32+,33+,34?/m1/s1. The van der Waals surface area contributed by atoms with Crippen LogP contribution in [0.5, 0.6) is 0 Å². The van der Waals surface area contributed by atoms with E-state index < -0.39 is 91.7 Å². The van der Waals surface area contributed by atoms with Gasteiger partial charge < -0.3 is 44.2 Å². The summed E-state index contributed by atoms with van der Waals surface area (Å²) in [6.07, 6.45) is 5.73. The van der Waals surface area contributed by atoms with Gasteiger partial charge in [0.1, 0.15) is 37.1 Å². The van der Waals surface area contributed by atoms with E-state index in [-0.39, 0.29) is 6.42 Å². The van der Waals surface area contributed by atoms with Crippen LogP contribution in [-0.4, -0.2) is 96.5 Å². The van der Waals surface area contributed by atoms with Gasteiger partial charge in [0.2, 0.25) is 0 Å². The van der Waals surface area contributed by atoms with Gasteiger partial charge >= 0.3 is 35.4 Å². The number of aliphatic hydroxyl groups excluding tert-OH is 2. The lowest BCUT2D eigenvalue weighted by Crippen LogP contribution is -2.57. The van der Waals surface area contributed by atoms with Crippen LogP contribution in [0.1, 0.15) is 103 Å². The number of hydrogen-bond acceptors (Lipinski definition) is 13. The molecule has 0 radical (unpaired) electrons. The maximum atomic E-state index is 12.9. The third-order valence-corrected chi connectivity index (χ3v) is 9.87. The second-order valence-electron chi connectivity index (χ2n) is 12.4. The molecule has 1 fully saturated rings. The third-order valence-electron chi connectivity index (χ3n) is 7.79. The first kappa shape index (κ1) is 50.4. The number of phosphoric ester groups is 3. The topological polar surface area (TPSA) is 282 Å². The van der Waals surface area contributed by atoms with E-state index in [0.717, 1.165) is 32.1 Å². The lowest BCUT2D eigenvalue weighted by molar-refractivity contribution is -0.168. The Kier molecular flexibility index (Phi) is 24.9. The fraction of sp³-hybridized carbons (Fsp3) is 0.706. The first-order valence-electron chi connectivity index (χ1n) is 17.7. The Bertz CT molecular complexity index is 1570. The summed E-state index contributed by atoms with van der Waals surface area (Å²) in [5.41, 5.74) is 0. The Labute approximate surface area is 321 Å². The van der Waals surface area contributed by atoms with Gasteiger partial charge in [-0.25, -0.2) is 18.5 Å². The van der Waals surface area contributed by atoms with Crippen LogP contribution in [0.3, 0.4) is 0 Å². The van der Waals surface area contributed by atoms with E-state index in [2.05, 4.69) is 45.6 Å². The third kappa shape index (κ3) is 25.3. The second kappa shape index (κ2) is 27.1. The molecule has 0 saturated heterocycles. The minimum atomic E-state index is -5.42.